The van der Waals surface area contributed by atoms with Crippen LogP contribution in [0.2, 0.25) is 0 Å². The Morgan fingerprint density at radius 1 is 1.43 bits per heavy atom. The number of thioether (sulfide) groups is 1. The second-order valence-corrected chi connectivity index (χ2v) is 6.52. The lowest BCUT2D eigenvalue weighted by Gasteiger charge is -2.26. The molecule has 2 unspecified atom stereocenters. The molecule has 0 saturated carbocycles. The Morgan fingerprint density at radius 2 is 2.04 bits per heavy atom. The minimum absolute atomic E-state index is 0. The molecule has 0 radical (unpaired) electrons. The molecule has 1 heterocycles. The normalized spacial score (nSPS) is 18.5. The van der Waals surface area contributed by atoms with E-state index in [1.807, 2.05) is 37.4 Å². The van der Waals surface area contributed by atoms with Gasteiger partial charge in [-0.1, -0.05) is 0 Å². The highest BCUT2D eigenvalue weighted by Crippen LogP contribution is 2.28. The molecule has 0 aliphatic carbocycles. The van der Waals surface area contributed by atoms with Gasteiger partial charge in [0.05, 0.1) is 5.92 Å². The highest BCUT2D eigenvalue weighted by Gasteiger charge is 2.37. The predicted octanol–water partition coefficient (Wildman–Crippen LogP) is 1.99. The van der Waals surface area contributed by atoms with Crippen molar-refractivity contribution >= 4 is 41.7 Å². The Kier molecular flexibility index (Phi) is 7.38. The average Bonchev–Trinajstić information content (AvgIpc) is 2.94. The zero-order chi connectivity index (χ0) is 16.3. The van der Waals surface area contributed by atoms with Crippen LogP contribution in [0.5, 0.6) is 0 Å². The molecule has 2 rings (SSSR count). The molecule has 5 nitrogen and oxygen atoms in total. The molecule has 23 heavy (non-hydrogen) atoms. The molecule has 1 aliphatic heterocycles. The highest BCUT2D eigenvalue weighted by molar-refractivity contribution is 7.98. The third-order valence-electron chi connectivity index (χ3n) is 4.21. The Bertz CT molecular complexity index is 553. The third kappa shape index (κ3) is 4.40. The summed E-state index contributed by atoms with van der Waals surface area (Å²) in [5, 5.41) is 0. The number of benzene rings is 1. The number of likely N-dealkylation sites (N-methyl/N-ethyl adjacent to an activating group) is 1. The molecule has 1 aromatic rings. The van der Waals surface area contributed by atoms with Gasteiger partial charge < -0.3 is 15.5 Å². The van der Waals surface area contributed by atoms with Crippen LogP contribution in [0.4, 0.5) is 5.69 Å². The first-order valence-electron chi connectivity index (χ1n) is 7.39. The molecule has 2 N–H and O–H groups in total. The van der Waals surface area contributed by atoms with Crippen LogP contribution in [-0.2, 0) is 9.59 Å². The smallest absolute Gasteiger partial charge is 0.228 e. The van der Waals surface area contributed by atoms with Crippen LogP contribution in [-0.4, -0.2) is 49.1 Å². The maximum absolute atomic E-state index is 12.5. The summed E-state index contributed by atoms with van der Waals surface area (Å²) >= 11 is 1.66. The first-order valence-corrected chi connectivity index (χ1v) is 8.61. The van der Waals surface area contributed by atoms with Crippen molar-refractivity contribution in [2.45, 2.75) is 24.3 Å². The van der Waals surface area contributed by atoms with Crippen molar-refractivity contribution in [1.29, 1.82) is 0 Å². The summed E-state index contributed by atoms with van der Waals surface area (Å²) in [4.78, 5) is 29.2. The molecule has 1 fully saturated rings. The van der Waals surface area contributed by atoms with E-state index >= 15 is 0 Å². The van der Waals surface area contributed by atoms with Crippen LogP contribution >= 0.6 is 24.2 Å². The van der Waals surface area contributed by atoms with Gasteiger partial charge >= 0.3 is 0 Å². The summed E-state index contributed by atoms with van der Waals surface area (Å²) in [6, 6.07) is 7.83. The van der Waals surface area contributed by atoms with Gasteiger partial charge in [-0.15, -0.1) is 24.2 Å². The average molecular weight is 358 g/mol. The molecule has 1 aliphatic rings. The minimum Gasteiger partial charge on any atom is -0.341 e. The van der Waals surface area contributed by atoms with E-state index < -0.39 is 0 Å². The fourth-order valence-corrected chi connectivity index (χ4v) is 2.96. The predicted molar refractivity (Wildman–Crippen MR) is 97.2 cm³/mol. The van der Waals surface area contributed by atoms with Gasteiger partial charge in [-0.3, -0.25) is 9.59 Å². The van der Waals surface area contributed by atoms with Crippen molar-refractivity contribution in [3.8, 4) is 0 Å². The lowest BCUT2D eigenvalue weighted by Crippen LogP contribution is -2.43. The maximum atomic E-state index is 12.5. The van der Waals surface area contributed by atoms with E-state index in [9.17, 15) is 9.59 Å². The molecule has 0 bridgehead atoms. The molecule has 1 aromatic carbocycles. The second-order valence-electron chi connectivity index (χ2n) is 5.64. The topological polar surface area (TPSA) is 66.6 Å². The zero-order valence-corrected chi connectivity index (χ0v) is 15.3. The molecule has 2 atom stereocenters. The van der Waals surface area contributed by atoms with Crippen LogP contribution < -0.4 is 10.6 Å². The van der Waals surface area contributed by atoms with Crippen molar-refractivity contribution < 1.29 is 9.59 Å². The quantitative estimate of drug-likeness (QED) is 0.818. The Morgan fingerprint density at radius 3 is 2.57 bits per heavy atom. The van der Waals surface area contributed by atoms with Gasteiger partial charge in [0.1, 0.15) is 0 Å². The molecule has 0 aromatic heterocycles. The van der Waals surface area contributed by atoms with E-state index in [1.54, 1.807) is 28.6 Å². The SMILES string of the molecule is CSc1ccc(N2CC(C(=O)N(C)C(C)CN)CC2=O)cc1.Cl. The van der Waals surface area contributed by atoms with Gasteiger partial charge in [-0.25, -0.2) is 0 Å². The summed E-state index contributed by atoms with van der Waals surface area (Å²) in [6.45, 7) is 2.77. The standard InChI is InChI=1S/C16H23N3O2S.ClH/c1-11(9-17)18(2)16(21)12-8-15(20)19(10-12)13-4-6-14(22-3)7-5-13;/h4-7,11-12H,8-10,17H2,1-3H3;1H. The number of hydrogen-bond acceptors (Lipinski definition) is 4. The van der Waals surface area contributed by atoms with Gasteiger partial charge in [0.25, 0.3) is 0 Å². The molecule has 7 heteroatoms. The van der Waals surface area contributed by atoms with Crippen molar-refractivity contribution in [2.24, 2.45) is 11.7 Å². The number of anilines is 1. The van der Waals surface area contributed by atoms with Crippen LogP contribution in [0.1, 0.15) is 13.3 Å². The lowest BCUT2D eigenvalue weighted by atomic mass is 10.1. The fourth-order valence-electron chi connectivity index (χ4n) is 2.55. The number of nitrogens with two attached hydrogens (primary N) is 1. The summed E-state index contributed by atoms with van der Waals surface area (Å²) in [5.74, 6) is -0.287. The van der Waals surface area contributed by atoms with Crippen molar-refractivity contribution in [3.63, 3.8) is 0 Å². The summed E-state index contributed by atoms with van der Waals surface area (Å²) < 4.78 is 0. The van der Waals surface area contributed by atoms with Crippen molar-refractivity contribution in [1.82, 2.24) is 4.90 Å². The van der Waals surface area contributed by atoms with Crippen LogP contribution in [0.25, 0.3) is 0 Å². The van der Waals surface area contributed by atoms with Crippen LogP contribution in [0, 0.1) is 5.92 Å². The Labute approximate surface area is 148 Å². The number of amides is 2. The maximum Gasteiger partial charge on any atom is 0.228 e. The number of rotatable bonds is 5. The van der Waals surface area contributed by atoms with E-state index in [0.29, 0.717) is 13.1 Å². The summed E-state index contributed by atoms with van der Waals surface area (Å²) in [6.07, 6.45) is 2.28. The number of carbonyl (C=O) groups is 2. The van der Waals surface area contributed by atoms with E-state index in [-0.39, 0.29) is 42.6 Å². The molecule has 2 amide bonds. The molecular formula is C16H24ClN3O2S. The number of hydrogen-bond donors (Lipinski definition) is 1. The summed E-state index contributed by atoms with van der Waals surface area (Å²) in [7, 11) is 1.75. The van der Waals surface area contributed by atoms with E-state index in [2.05, 4.69) is 0 Å². The van der Waals surface area contributed by atoms with Gasteiger partial charge in [-0.2, -0.15) is 0 Å². The number of nitrogens with zero attached hydrogens (tertiary/aromatic N) is 2. The fraction of sp³-hybridized carbons (Fsp3) is 0.500. The van der Waals surface area contributed by atoms with E-state index in [4.69, 9.17) is 5.73 Å². The monoisotopic (exact) mass is 357 g/mol. The van der Waals surface area contributed by atoms with Crippen LogP contribution in [0.15, 0.2) is 29.2 Å². The van der Waals surface area contributed by atoms with E-state index in [0.717, 1.165) is 10.6 Å². The Hall–Kier alpha value is -1.24. The zero-order valence-electron chi connectivity index (χ0n) is 13.7. The number of halogens is 1. The second kappa shape index (κ2) is 8.57. The molecular weight excluding hydrogens is 334 g/mol. The lowest BCUT2D eigenvalue weighted by molar-refractivity contribution is -0.136. The van der Waals surface area contributed by atoms with E-state index in [1.165, 1.54) is 0 Å². The molecule has 128 valence electrons. The van der Waals surface area contributed by atoms with Gasteiger partial charge in [0.15, 0.2) is 0 Å². The first kappa shape index (κ1) is 19.8. The Balaban J connectivity index is 0.00000264. The minimum atomic E-state index is -0.285. The van der Waals surface area contributed by atoms with Crippen molar-refractivity contribution in [3.05, 3.63) is 24.3 Å². The highest BCUT2D eigenvalue weighted by atomic mass is 35.5. The largest absolute Gasteiger partial charge is 0.341 e. The summed E-state index contributed by atoms with van der Waals surface area (Å²) in [5.41, 5.74) is 6.46. The molecule has 0 spiro atoms. The van der Waals surface area contributed by atoms with Crippen LogP contribution in [0.3, 0.4) is 0 Å². The first-order chi connectivity index (χ1) is 10.5. The third-order valence-corrected chi connectivity index (χ3v) is 4.95. The number of carbonyl (C=O) groups excluding carboxylic acids is 2. The van der Waals surface area contributed by atoms with Crippen molar-refractivity contribution in [2.75, 3.05) is 31.3 Å². The van der Waals surface area contributed by atoms with Gasteiger partial charge in [-0.05, 0) is 37.4 Å². The van der Waals surface area contributed by atoms with Gasteiger partial charge in [0, 0.05) is 43.2 Å². The molecule has 1 saturated heterocycles. The van der Waals surface area contributed by atoms with Gasteiger partial charge in [0.2, 0.25) is 11.8 Å².